The number of hydrogen-bond donors (Lipinski definition) is 1. The van der Waals surface area contributed by atoms with Crippen LogP contribution in [0.1, 0.15) is 24.8 Å². The van der Waals surface area contributed by atoms with Crippen LogP contribution < -0.4 is 15.0 Å². The number of nitrogens with zero attached hydrogens (tertiary/aromatic N) is 1. The van der Waals surface area contributed by atoms with Gasteiger partial charge in [0.1, 0.15) is 5.75 Å². The van der Waals surface area contributed by atoms with Gasteiger partial charge in [0.15, 0.2) is 6.61 Å². The molecule has 5 heteroatoms. The zero-order valence-corrected chi connectivity index (χ0v) is 16.5. The average Bonchev–Trinajstić information content (AvgIpc) is 2.73. The van der Waals surface area contributed by atoms with Crippen LogP contribution in [-0.2, 0) is 9.59 Å². The molecule has 0 bridgehead atoms. The number of rotatable bonds is 5. The second-order valence-corrected chi connectivity index (χ2v) is 7.35. The van der Waals surface area contributed by atoms with E-state index < -0.39 is 0 Å². The van der Waals surface area contributed by atoms with Crippen LogP contribution in [0.4, 0.5) is 11.4 Å². The minimum atomic E-state index is -0.223. The molecule has 3 aromatic rings. The van der Waals surface area contributed by atoms with Crippen molar-refractivity contribution in [3.05, 3.63) is 66.2 Å². The molecule has 1 heterocycles. The van der Waals surface area contributed by atoms with Crippen molar-refractivity contribution in [3.8, 4) is 5.75 Å². The molecule has 0 radical (unpaired) electrons. The molecule has 0 unspecified atom stereocenters. The molecular formula is C24H24N2O3. The third kappa shape index (κ3) is 4.40. The topological polar surface area (TPSA) is 58.6 Å². The lowest BCUT2D eigenvalue weighted by Crippen LogP contribution is -2.35. The fourth-order valence-electron chi connectivity index (χ4n) is 3.70. The van der Waals surface area contributed by atoms with Crippen LogP contribution in [-0.4, -0.2) is 25.0 Å². The maximum absolute atomic E-state index is 12.3. The van der Waals surface area contributed by atoms with E-state index in [1.54, 1.807) is 0 Å². The second-order valence-electron chi connectivity index (χ2n) is 7.35. The molecular weight excluding hydrogens is 364 g/mol. The molecule has 0 atom stereocenters. The number of hydrogen-bond acceptors (Lipinski definition) is 3. The molecule has 1 fully saturated rings. The Kier molecular flexibility index (Phi) is 5.47. The number of carbonyl (C=O) groups is 2. The molecule has 1 aliphatic heterocycles. The number of anilines is 2. The third-order valence-corrected chi connectivity index (χ3v) is 5.19. The number of nitrogens with one attached hydrogen (secondary N) is 1. The molecule has 0 aliphatic carbocycles. The predicted octanol–water partition coefficient (Wildman–Crippen LogP) is 4.68. The van der Waals surface area contributed by atoms with E-state index in [-0.39, 0.29) is 18.4 Å². The van der Waals surface area contributed by atoms with E-state index in [1.165, 1.54) is 0 Å². The van der Waals surface area contributed by atoms with E-state index in [9.17, 15) is 9.59 Å². The average molecular weight is 388 g/mol. The first-order chi connectivity index (χ1) is 14.1. The van der Waals surface area contributed by atoms with Crippen molar-refractivity contribution in [3.63, 3.8) is 0 Å². The maximum atomic E-state index is 12.3. The Morgan fingerprint density at radius 1 is 1.03 bits per heavy atom. The van der Waals surface area contributed by atoms with Crippen molar-refractivity contribution < 1.29 is 14.3 Å². The molecule has 0 spiro atoms. The molecule has 3 aromatic carbocycles. The summed E-state index contributed by atoms with van der Waals surface area (Å²) in [5.41, 5.74) is 2.58. The molecule has 1 aliphatic rings. The quantitative estimate of drug-likeness (QED) is 0.690. The van der Waals surface area contributed by atoms with Crippen LogP contribution in [0.5, 0.6) is 5.75 Å². The van der Waals surface area contributed by atoms with Crippen molar-refractivity contribution >= 4 is 34.0 Å². The lowest BCUT2D eigenvalue weighted by atomic mass is 10.1. The van der Waals surface area contributed by atoms with Gasteiger partial charge < -0.3 is 15.0 Å². The number of benzene rings is 3. The first kappa shape index (κ1) is 19.0. The maximum Gasteiger partial charge on any atom is 0.262 e. The second kappa shape index (κ2) is 8.35. The summed E-state index contributed by atoms with van der Waals surface area (Å²) < 4.78 is 5.65. The summed E-state index contributed by atoms with van der Waals surface area (Å²) in [5, 5.41) is 5.07. The van der Waals surface area contributed by atoms with Gasteiger partial charge in [-0.3, -0.25) is 9.59 Å². The van der Waals surface area contributed by atoms with Crippen molar-refractivity contribution in [2.24, 2.45) is 0 Å². The van der Waals surface area contributed by atoms with Crippen molar-refractivity contribution in [2.45, 2.75) is 26.2 Å². The van der Waals surface area contributed by atoms with Gasteiger partial charge in [-0.1, -0.05) is 30.3 Å². The normalized spacial score (nSPS) is 14.1. The van der Waals surface area contributed by atoms with Gasteiger partial charge in [0.2, 0.25) is 5.91 Å². The molecule has 29 heavy (non-hydrogen) atoms. The van der Waals surface area contributed by atoms with Gasteiger partial charge in [0.05, 0.1) is 0 Å². The van der Waals surface area contributed by atoms with Crippen LogP contribution >= 0.6 is 0 Å². The minimum Gasteiger partial charge on any atom is -0.484 e. The lowest BCUT2D eigenvalue weighted by Gasteiger charge is -2.28. The van der Waals surface area contributed by atoms with Crippen molar-refractivity contribution in [1.29, 1.82) is 0 Å². The fraction of sp³-hybridized carbons (Fsp3) is 0.250. The first-order valence-corrected chi connectivity index (χ1v) is 9.93. The number of piperidine rings is 1. The van der Waals surface area contributed by atoms with Crippen molar-refractivity contribution in [1.82, 2.24) is 0 Å². The molecule has 148 valence electrons. The van der Waals surface area contributed by atoms with E-state index in [4.69, 9.17) is 4.74 Å². The van der Waals surface area contributed by atoms with Gasteiger partial charge in [-0.05, 0) is 66.4 Å². The summed E-state index contributed by atoms with van der Waals surface area (Å²) in [6, 6.07) is 19.4. The zero-order valence-electron chi connectivity index (χ0n) is 16.5. The molecule has 0 saturated carbocycles. The monoisotopic (exact) mass is 388 g/mol. The summed E-state index contributed by atoms with van der Waals surface area (Å²) in [5.74, 6) is 0.605. The smallest absolute Gasteiger partial charge is 0.262 e. The molecule has 4 rings (SSSR count). The highest BCUT2D eigenvalue weighted by molar-refractivity contribution is 5.96. The molecule has 1 N–H and O–H groups in total. The predicted molar refractivity (Wildman–Crippen MR) is 115 cm³/mol. The third-order valence-electron chi connectivity index (χ3n) is 5.19. The van der Waals surface area contributed by atoms with Crippen LogP contribution in [0.15, 0.2) is 60.7 Å². The van der Waals surface area contributed by atoms with E-state index in [1.807, 2.05) is 72.5 Å². The number of aryl methyl sites for hydroxylation is 1. The summed E-state index contributed by atoms with van der Waals surface area (Å²) in [4.78, 5) is 26.3. The number of carbonyl (C=O) groups excluding carboxylic acids is 2. The largest absolute Gasteiger partial charge is 0.484 e. The van der Waals surface area contributed by atoms with Crippen molar-refractivity contribution in [2.75, 3.05) is 23.4 Å². The van der Waals surface area contributed by atoms with Gasteiger partial charge >= 0.3 is 0 Å². The Hall–Kier alpha value is -3.34. The van der Waals surface area contributed by atoms with E-state index in [2.05, 4.69) is 5.32 Å². The summed E-state index contributed by atoms with van der Waals surface area (Å²) in [6.45, 7) is 2.65. The van der Waals surface area contributed by atoms with Crippen LogP contribution in [0, 0.1) is 6.92 Å². The Balaban J connectivity index is 1.37. The van der Waals surface area contributed by atoms with E-state index in [0.717, 1.165) is 41.4 Å². The Labute approximate surface area is 170 Å². The Morgan fingerprint density at radius 3 is 2.66 bits per heavy atom. The van der Waals surface area contributed by atoms with Gasteiger partial charge in [-0.25, -0.2) is 0 Å². The molecule has 2 amide bonds. The summed E-state index contributed by atoms with van der Waals surface area (Å²) in [7, 11) is 0. The number of amides is 2. The van der Waals surface area contributed by atoms with Gasteiger partial charge in [-0.2, -0.15) is 0 Å². The Bertz CT molecular complexity index is 1060. The highest BCUT2D eigenvalue weighted by Gasteiger charge is 2.21. The Morgan fingerprint density at radius 2 is 1.86 bits per heavy atom. The van der Waals surface area contributed by atoms with Crippen LogP contribution in [0.25, 0.3) is 10.8 Å². The van der Waals surface area contributed by atoms with Gasteiger partial charge in [0.25, 0.3) is 5.91 Å². The van der Waals surface area contributed by atoms with Gasteiger partial charge in [0, 0.05) is 24.3 Å². The SMILES string of the molecule is Cc1cc(NC(=O)COc2ccc3ccccc3c2)ccc1N1CCCCC1=O. The first-order valence-electron chi connectivity index (χ1n) is 9.93. The molecule has 5 nitrogen and oxygen atoms in total. The zero-order chi connectivity index (χ0) is 20.2. The highest BCUT2D eigenvalue weighted by Crippen LogP contribution is 2.27. The minimum absolute atomic E-state index is 0.0657. The number of fused-ring (bicyclic) bond motifs is 1. The van der Waals surface area contributed by atoms with Gasteiger partial charge in [-0.15, -0.1) is 0 Å². The standard InChI is InChI=1S/C24H24N2O3/c1-17-14-20(10-12-22(17)26-13-5-4-8-24(26)28)25-23(27)16-29-21-11-9-18-6-2-3-7-19(18)15-21/h2-3,6-7,9-12,14-15H,4-5,8,13,16H2,1H3,(H,25,27). The summed E-state index contributed by atoms with van der Waals surface area (Å²) >= 11 is 0. The highest BCUT2D eigenvalue weighted by atomic mass is 16.5. The number of ether oxygens (including phenoxy) is 1. The van der Waals surface area contributed by atoms with Crippen LogP contribution in [0.2, 0.25) is 0 Å². The summed E-state index contributed by atoms with van der Waals surface area (Å²) in [6.07, 6.45) is 2.58. The fourth-order valence-corrected chi connectivity index (χ4v) is 3.70. The lowest BCUT2D eigenvalue weighted by molar-refractivity contribution is -0.119. The molecule has 0 aromatic heterocycles. The molecule has 1 saturated heterocycles. The van der Waals surface area contributed by atoms with Crippen LogP contribution in [0.3, 0.4) is 0 Å². The van der Waals surface area contributed by atoms with E-state index >= 15 is 0 Å². The van der Waals surface area contributed by atoms with E-state index in [0.29, 0.717) is 17.9 Å².